The fraction of sp³-hybridized carbons (Fsp3) is 0.350. The summed E-state index contributed by atoms with van der Waals surface area (Å²) in [4.78, 5) is 9.07. The number of pyridine rings is 2. The first kappa shape index (κ1) is 20.5. The van der Waals surface area contributed by atoms with Crippen LogP contribution in [0.15, 0.2) is 53.7 Å². The van der Waals surface area contributed by atoms with Gasteiger partial charge in [-0.05, 0) is 38.1 Å². The highest BCUT2D eigenvalue weighted by atomic mass is 32.2. The van der Waals surface area contributed by atoms with Crippen molar-refractivity contribution in [2.75, 3.05) is 25.0 Å². The standard InChI is InChI=1S/C20H24N6O3S/c1-3-25-14-18(15(2)24-25)30(27,28)26-11-12-29-17(13-26)16-7-6-9-20(22-16)23-19-8-4-5-10-21-19/h4-10,14,17H,3,11-13H2,1-2H3,(H,21,22,23). The SMILES string of the molecule is CCn1cc(S(=O)(=O)N2CCOC(c3cccc(Nc4ccccn4)n3)C2)c(C)n1. The van der Waals surface area contributed by atoms with Gasteiger partial charge in [0, 0.05) is 32.0 Å². The first-order valence-electron chi connectivity index (χ1n) is 9.78. The molecule has 0 radical (unpaired) electrons. The molecule has 1 aliphatic heterocycles. The molecule has 0 bridgehead atoms. The van der Waals surface area contributed by atoms with E-state index in [9.17, 15) is 8.42 Å². The van der Waals surface area contributed by atoms with Crippen LogP contribution in [0.4, 0.5) is 11.6 Å². The van der Waals surface area contributed by atoms with Gasteiger partial charge in [0.1, 0.15) is 22.6 Å². The molecule has 1 fully saturated rings. The minimum absolute atomic E-state index is 0.194. The molecule has 0 amide bonds. The number of ether oxygens (including phenoxy) is 1. The molecule has 0 aromatic carbocycles. The molecule has 10 heteroatoms. The monoisotopic (exact) mass is 428 g/mol. The van der Waals surface area contributed by atoms with E-state index in [1.807, 2.05) is 43.3 Å². The quantitative estimate of drug-likeness (QED) is 0.643. The second kappa shape index (κ2) is 8.50. The lowest BCUT2D eigenvalue weighted by Crippen LogP contribution is -2.42. The topological polar surface area (TPSA) is 102 Å². The number of aryl methyl sites for hydroxylation is 2. The summed E-state index contributed by atoms with van der Waals surface area (Å²) < 4.78 is 35.3. The number of aromatic nitrogens is 4. The zero-order valence-electron chi connectivity index (χ0n) is 16.9. The van der Waals surface area contributed by atoms with Gasteiger partial charge in [-0.25, -0.2) is 18.4 Å². The molecule has 9 nitrogen and oxygen atoms in total. The molecule has 158 valence electrons. The van der Waals surface area contributed by atoms with Gasteiger partial charge < -0.3 is 10.1 Å². The lowest BCUT2D eigenvalue weighted by atomic mass is 10.2. The minimum Gasteiger partial charge on any atom is -0.369 e. The Kier molecular flexibility index (Phi) is 5.80. The zero-order chi connectivity index (χ0) is 21.1. The van der Waals surface area contributed by atoms with Gasteiger partial charge in [-0.15, -0.1) is 0 Å². The van der Waals surface area contributed by atoms with Gasteiger partial charge in [0.05, 0.1) is 18.0 Å². The van der Waals surface area contributed by atoms with Crippen molar-refractivity contribution < 1.29 is 13.2 Å². The average molecular weight is 429 g/mol. The van der Waals surface area contributed by atoms with Crippen molar-refractivity contribution in [1.29, 1.82) is 0 Å². The third-order valence-electron chi connectivity index (χ3n) is 4.89. The van der Waals surface area contributed by atoms with Crippen LogP contribution in [0.3, 0.4) is 0 Å². The Bertz CT molecular complexity index is 1120. The van der Waals surface area contributed by atoms with Crippen molar-refractivity contribution in [2.45, 2.75) is 31.4 Å². The molecule has 0 saturated carbocycles. The van der Waals surface area contributed by atoms with E-state index in [1.165, 1.54) is 4.31 Å². The first-order chi connectivity index (χ1) is 14.5. The molecule has 0 aliphatic carbocycles. The van der Waals surface area contributed by atoms with E-state index in [1.54, 1.807) is 24.0 Å². The van der Waals surface area contributed by atoms with Crippen LogP contribution >= 0.6 is 0 Å². The summed E-state index contributed by atoms with van der Waals surface area (Å²) in [6.45, 7) is 5.03. The number of morpholine rings is 1. The van der Waals surface area contributed by atoms with Crippen molar-refractivity contribution in [3.05, 3.63) is 60.2 Å². The number of nitrogens with zero attached hydrogens (tertiary/aromatic N) is 5. The third kappa shape index (κ3) is 4.20. The molecule has 1 atom stereocenters. The minimum atomic E-state index is -3.66. The number of sulfonamides is 1. The molecule has 1 saturated heterocycles. The Balaban J connectivity index is 1.54. The van der Waals surface area contributed by atoms with Crippen LogP contribution in [0.5, 0.6) is 0 Å². The highest BCUT2D eigenvalue weighted by Gasteiger charge is 2.34. The molecular weight excluding hydrogens is 404 g/mol. The van der Waals surface area contributed by atoms with Crippen LogP contribution in [0, 0.1) is 6.92 Å². The van der Waals surface area contributed by atoms with Gasteiger partial charge in [0.15, 0.2) is 0 Å². The Hall–Kier alpha value is -2.82. The molecule has 4 rings (SSSR count). The lowest BCUT2D eigenvalue weighted by molar-refractivity contribution is -0.00487. The summed E-state index contributed by atoms with van der Waals surface area (Å²) in [5, 5.41) is 7.42. The van der Waals surface area contributed by atoms with Gasteiger partial charge in [-0.3, -0.25) is 4.68 Å². The predicted molar refractivity (Wildman–Crippen MR) is 112 cm³/mol. The maximum Gasteiger partial charge on any atom is 0.246 e. The van der Waals surface area contributed by atoms with Crippen LogP contribution < -0.4 is 5.32 Å². The summed E-state index contributed by atoms with van der Waals surface area (Å²) >= 11 is 0. The number of hydrogen-bond acceptors (Lipinski definition) is 7. The van der Waals surface area contributed by atoms with E-state index in [-0.39, 0.29) is 11.4 Å². The third-order valence-corrected chi connectivity index (χ3v) is 6.86. The van der Waals surface area contributed by atoms with Crippen molar-refractivity contribution in [3.8, 4) is 0 Å². The van der Waals surface area contributed by atoms with Gasteiger partial charge in [0.2, 0.25) is 10.0 Å². The molecule has 1 unspecified atom stereocenters. The van der Waals surface area contributed by atoms with E-state index in [0.29, 0.717) is 42.7 Å². The van der Waals surface area contributed by atoms with Crippen LogP contribution in [0.2, 0.25) is 0 Å². The smallest absolute Gasteiger partial charge is 0.246 e. The second-order valence-corrected chi connectivity index (χ2v) is 8.85. The van der Waals surface area contributed by atoms with Crippen molar-refractivity contribution >= 4 is 21.7 Å². The predicted octanol–water partition coefficient (Wildman–Crippen LogP) is 2.51. The molecule has 3 aromatic rings. The Morgan fingerprint density at radius 3 is 2.77 bits per heavy atom. The van der Waals surface area contributed by atoms with Crippen LogP contribution in [0.25, 0.3) is 0 Å². The number of hydrogen-bond donors (Lipinski definition) is 1. The van der Waals surface area contributed by atoms with Gasteiger partial charge >= 0.3 is 0 Å². The number of nitrogens with one attached hydrogen (secondary N) is 1. The van der Waals surface area contributed by atoms with Crippen LogP contribution in [0.1, 0.15) is 24.4 Å². The Labute approximate surface area is 175 Å². The summed E-state index contributed by atoms with van der Waals surface area (Å²) in [6, 6.07) is 11.1. The largest absolute Gasteiger partial charge is 0.369 e. The van der Waals surface area contributed by atoms with Crippen LogP contribution in [-0.4, -0.2) is 52.2 Å². The first-order valence-corrected chi connectivity index (χ1v) is 11.2. The second-order valence-electron chi connectivity index (χ2n) is 6.94. The Morgan fingerprint density at radius 2 is 2.03 bits per heavy atom. The maximum atomic E-state index is 13.2. The zero-order valence-corrected chi connectivity index (χ0v) is 17.7. The van der Waals surface area contributed by atoms with E-state index in [0.717, 1.165) is 0 Å². The van der Waals surface area contributed by atoms with Gasteiger partial charge in [-0.2, -0.15) is 9.40 Å². The summed E-state index contributed by atoms with van der Waals surface area (Å²) in [6.07, 6.45) is 2.83. The van der Waals surface area contributed by atoms with Crippen LogP contribution in [-0.2, 0) is 21.3 Å². The number of anilines is 2. The molecule has 1 aliphatic rings. The fourth-order valence-corrected chi connectivity index (χ4v) is 4.94. The van der Waals surface area contributed by atoms with E-state index < -0.39 is 16.1 Å². The summed E-state index contributed by atoms with van der Waals surface area (Å²) in [5.74, 6) is 1.30. The molecule has 3 aromatic heterocycles. The average Bonchev–Trinajstić information content (AvgIpc) is 3.16. The number of rotatable bonds is 6. The maximum absolute atomic E-state index is 13.2. The fourth-order valence-electron chi connectivity index (χ4n) is 3.35. The molecule has 30 heavy (non-hydrogen) atoms. The highest BCUT2D eigenvalue weighted by molar-refractivity contribution is 7.89. The molecular formula is C20H24N6O3S. The normalized spacial score (nSPS) is 17.7. The van der Waals surface area contributed by atoms with Gasteiger partial charge in [0.25, 0.3) is 0 Å². The van der Waals surface area contributed by atoms with E-state index in [4.69, 9.17) is 4.74 Å². The summed E-state index contributed by atoms with van der Waals surface area (Å²) in [5.41, 5.74) is 1.16. The van der Waals surface area contributed by atoms with E-state index >= 15 is 0 Å². The Morgan fingerprint density at radius 1 is 1.20 bits per heavy atom. The molecule has 4 heterocycles. The lowest BCUT2D eigenvalue weighted by Gasteiger charge is -2.31. The van der Waals surface area contributed by atoms with Crippen molar-refractivity contribution in [2.24, 2.45) is 0 Å². The van der Waals surface area contributed by atoms with E-state index in [2.05, 4.69) is 20.4 Å². The van der Waals surface area contributed by atoms with Crippen molar-refractivity contribution in [3.63, 3.8) is 0 Å². The molecule has 1 N–H and O–H groups in total. The summed E-state index contributed by atoms with van der Waals surface area (Å²) in [7, 11) is -3.66. The van der Waals surface area contributed by atoms with Crippen molar-refractivity contribution in [1.82, 2.24) is 24.1 Å². The highest BCUT2D eigenvalue weighted by Crippen LogP contribution is 2.27. The molecule has 0 spiro atoms. The van der Waals surface area contributed by atoms with Gasteiger partial charge in [-0.1, -0.05) is 12.1 Å².